The molecule has 8 heteroatoms. The molecule has 0 saturated carbocycles. The summed E-state index contributed by atoms with van der Waals surface area (Å²) in [6.07, 6.45) is 1.73. The van der Waals surface area contributed by atoms with Crippen LogP contribution in [0.2, 0.25) is 0 Å². The number of carbonyl (C=O) groups is 2. The number of hydrogen-bond donors (Lipinski definition) is 1. The minimum Gasteiger partial charge on any atom is -0.357 e. The predicted molar refractivity (Wildman–Crippen MR) is 118 cm³/mol. The van der Waals surface area contributed by atoms with Crippen LogP contribution in [-0.4, -0.2) is 62.9 Å². The van der Waals surface area contributed by atoms with Gasteiger partial charge in [-0.05, 0) is 24.3 Å². The van der Waals surface area contributed by atoms with Crippen molar-refractivity contribution in [2.24, 2.45) is 0 Å². The number of amides is 2. The minimum atomic E-state index is -0.118. The predicted octanol–water partition coefficient (Wildman–Crippen LogP) is 3.33. The summed E-state index contributed by atoms with van der Waals surface area (Å²) in [6.45, 7) is 1.87. The van der Waals surface area contributed by atoms with Crippen LogP contribution in [-0.2, 0) is 0 Å². The monoisotopic (exact) mass is 427 g/mol. The zero-order valence-electron chi connectivity index (χ0n) is 17.3. The number of hydrogen-bond acceptors (Lipinski definition) is 5. The summed E-state index contributed by atoms with van der Waals surface area (Å²) in [5.41, 5.74) is 2.49. The van der Waals surface area contributed by atoms with Gasteiger partial charge >= 0.3 is 0 Å². The van der Waals surface area contributed by atoms with Gasteiger partial charge in [0, 0.05) is 37.9 Å². The Morgan fingerprint density at radius 2 is 1.50 bits per heavy atom. The second kappa shape index (κ2) is 8.50. The molecule has 8 nitrogen and oxygen atoms in total. The molecule has 0 unspecified atom stereocenters. The van der Waals surface area contributed by atoms with Crippen molar-refractivity contribution in [3.63, 3.8) is 0 Å². The van der Waals surface area contributed by atoms with E-state index in [4.69, 9.17) is 4.52 Å². The van der Waals surface area contributed by atoms with Gasteiger partial charge in [0.15, 0.2) is 0 Å². The van der Waals surface area contributed by atoms with Crippen molar-refractivity contribution < 1.29 is 14.1 Å². The zero-order chi connectivity index (χ0) is 21.9. The van der Waals surface area contributed by atoms with E-state index in [1.54, 1.807) is 40.3 Å². The summed E-state index contributed by atoms with van der Waals surface area (Å²) < 4.78 is 5.48. The number of carbonyl (C=O) groups excluding carboxylic acids is 2. The lowest BCUT2D eigenvalue weighted by Crippen LogP contribution is -2.50. The first-order valence-corrected chi connectivity index (χ1v) is 10.4. The van der Waals surface area contributed by atoms with Crippen LogP contribution < -0.4 is 0 Å². The number of aromatic amines is 1. The van der Waals surface area contributed by atoms with Crippen molar-refractivity contribution in [2.45, 2.75) is 0 Å². The highest BCUT2D eigenvalue weighted by molar-refractivity contribution is 6.00. The van der Waals surface area contributed by atoms with Gasteiger partial charge in [0.25, 0.3) is 17.7 Å². The number of H-pyrrole nitrogens is 1. The van der Waals surface area contributed by atoms with Crippen LogP contribution in [0.4, 0.5) is 0 Å². The van der Waals surface area contributed by atoms with Gasteiger partial charge in [-0.25, -0.2) is 0 Å². The minimum absolute atomic E-state index is 0.0539. The van der Waals surface area contributed by atoms with Crippen molar-refractivity contribution in [3.05, 3.63) is 84.2 Å². The lowest BCUT2D eigenvalue weighted by Gasteiger charge is -2.34. The molecule has 0 spiro atoms. The fraction of sp³-hybridized carbons (Fsp3) is 0.167. The maximum absolute atomic E-state index is 13.3. The van der Waals surface area contributed by atoms with Crippen molar-refractivity contribution in [2.75, 3.05) is 26.2 Å². The molecule has 160 valence electrons. The average Bonchev–Trinajstić information content (AvgIpc) is 3.57. The highest BCUT2D eigenvalue weighted by Crippen LogP contribution is 2.26. The maximum Gasteiger partial charge on any atom is 0.270 e. The molecule has 0 bridgehead atoms. The molecule has 0 radical (unpaired) electrons. The third kappa shape index (κ3) is 3.78. The summed E-state index contributed by atoms with van der Waals surface area (Å²) in [5.74, 6) is 0.599. The van der Waals surface area contributed by atoms with Crippen molar-refractivity contribution in [1.29, 1.82) is 0 Å². The van der Waals surface area contributed by atoms with Crippen LogP contribution in [0.15, 0.2) is 77.4 Å². The van der Waals surface area contributed by atoms with Gasteiger partial charge in [-0.3, -0.25) is 9.59 Å². The summed E-state index contributed by atoms with van der Waals surface area (Å²) in [5, 5.41) is 4.07. The van der Waals surface area contributed by atoms with Crippen molar-refractivity contribution in [1.82, 2.24) is 24.9 Å². The van der Waals surface area contributed by atoms with E-state index in [0.717, 1.165) is 5.56 Å². The first-order valence-electron chi connectivity index (χ1n) is 10.4. The highest BCUT2D eigenvalue weighted by atomic mass is 16.5. The second-order valence-electron chi connectivity index (χ2n) is 7.50. The third-order valence-corrected chi connectivity index (χ3v) is 5.53. The molecule has 3 heterocycles. The van der Waals surface area contributed by atoms with Gasteiger partial charge in [0.05, 0.1) is 11.1 Å². The smallest absolute Gasteiger partial charge is 0.270 e. The number of aromatic nitrogens is 3. The second-order valence-corrected chi connectivity index (χ2v) is 7.50. The number of nitrogens with zero attached hydrogens (tertiary/aromatic N) is 4. The molecule has 2 aromatic heterocycles. The van der Waals surface area contributed by atoms with Gasteiger partial charge in [0.1, 0.15) is 5.69 Å². The molecule has 5 rings (SSSR count). The van der Waals surface area contributed by atoms with Gasteiger partial charge in [0.2, 0.25) is 5.82 Å². The normalized spacial score (nSPS) is 13.9. The van der Waals surface area contributed by atoms with Gasteiger partial charge in [-0.2, -0.15) is 4.98 Å². The number of piperazine rings is 1. The Labute approximate surface area is 184 Å². The fourth-order valence-corrected chi connectivity index (χ4v) is 3.81. The number of benzene rings is 2. The third-order valence-electron chi connectivity index (χ3n) is 5.53. The Morgan fingerprint density at radius 1 is 0.812 bits per heavy atom. The van der Waals surface area contributed by atoms with E-state index in [0.29, 0.717) is 54.7 Å². The molecule has 1 fully saturated rings. The van der Waals surface area contributed by atoms with Gasteiger partial charge < -0.3 is 19.3 Å². The summed E-state index contributed by atoms with van der Waals surface area (Å²) in [7, 11) is 0. The van der Waals surface area contributed by atoms with E-state index >= 15 is 0 Å². The molecular formula is C24H21N5O3. The standard InChI is InChI=1S/C24H21N5O3/c30-23(28-13-15-29(16-14-28)24(31)20-11-6-12-25-20)19-10-5-4-9-18(19)22-26-21(27-32-22)17-7-2-1-3-8-17/h1-12,25H,13-16H2. The van der Waals surface area contributed by atoms with E-state index in [-0.39, 0.29) is 11.8 Å². The Bertz CT molecular complexity index is 1230. The Morgan fingerprint density at radius 3 is 2.22 bits per heavy atom. The summed E-state index contributed by atoms with van der Waals surface area (Å²) >= 11 is 0. The molecule has 4 aromatic rings. The Balaban J connectivity index is 1.33. The SMILES string of the molecule is O=C(c1ccc[nH]1)N1CCN(C(=O)c2ccccc2-c2nc(-c3ccccc3)no2)CC1. The lowest BCUT2D eigenvalue weighted by atomic mass is 10.1. The molecule has 1 aliphatic rings. The van der Waals surface area contributed by atoms with Crippen LogP contribution in [0.5, 0.6) is 0 Å². The molecule has 32 heavy (non-hydrogen) atoms. The molecule has 0 atom stereocenters. The molecular weight excluding hydrogens is 406 g/mol. The number of rotatable bonds is 4. The molecule has 1 aliphatic heterocycles. The van der Waals surface area contributed by atoms with Crippen molar-refractivity contribution in [3.8, 4) is 22.8 Å². The highest BCUT2D eigenvalue weighted by Gasteiger charge is 2.28. The molecule has 2 aromatic carbocycles. The van der Waals surface area contributed by atoms with Crippen molar-refractivity contribution >= 4 is 11.8 Å². The van der Waals surface area contributed by atoms with E-state index in [9.17, 15) is 9.59 Å². The van der Waals surface area contributed by atoms with Crippen LogP contribution in [0, 0.1) is 0 Å². The topological polar surface area (TPSA) is 95.3 Å². The van der Waals surface area contributed by atoms with Crippen LogP contribution in [0.25, 0.3) is 22.8 Å². The van der Waals surface area contributed by atoms with E-state index < -0.39 is 0 Å². The van der Waals surface area contributed by atoms with Crippen LogP contribution >= 0.6 is 0 Å². The first kappa shape index (κ1) is 19.7. The molecule has 0 aliphatic carbocycles. The van der Waals surface area contributed by atoms with Gasteiger partial charge in [-0.1, -0.05) is 47.6 Å². The van der Waals surface area contributed by atoms with E-state index in [1.807, 2.05) is 42.5 Å². The molecule has 1 N–H and O–H groups in total. The quantitative estimate of drug-likeness (QED) is 0.539. The first-order chi connectivity index (χ1) is 15.7. The summed E-state index contributed by atoms with van der Waals surface area (Å²) in [6, 6.07) is 20.3. The van der Waals surface area contributed by atoms with Gasteiger partial charge in [-0.15, -0.1) is 0 Å². The maximum atomic E-state index is 13.3. The van der Waals surface area contributed by atoms with Crippen LogP contribution in [0.1, 0.15) is 20.8 Å². The Kier molecular flexibility index (Phi) is 5.25. The molecule has 1 saturated heterocycles. The molecule has 2 amide bonds. The average molecular weight is 427 g/mol. The lowest BCUT2D eigenvalue weighted by molar-refractivity contribution is 0.0533. The van der Waals surface area contributed by atoms with E-state index in [1.165, 1.54) is 0 Å². The van der Waals surface area contributed by atoms with Crippen LogP contribution in [0.3, 0.4) is 0 Å². The fourth-order valence-electron chi connectivity index (χ4n) is 3.81. The van der Waals surface area contributed by atoms with E-state index in [2.05, 4.69) is 15.1 Å². The summed E-state index contributed by atoms with van der Waals surface area (Å²) in [4.78, 5) is 36.8. The Hall–Kier alpha value is -4.20. The zero-order valence-corrected chi connectivity index (χ0v) is 17.3. The number of nitrogens with one attached hydrogen (secondary N) is 1. The largest absolute Gasteiger partial charge is 0.357 e.